The first-order valence-corrected chi connectivity index (χ1v) is 12.5. The molecule has 2 heterocycles. The van der Waals surface area contributed by atoms with E-state index < -0.39 is 10.0 Å². The van der Waals surface area contributed by atoms with Crippen LogP contribution in [0.4, 0.5) is 0 Å². The Morgan fingerprint density at radius 3 is 2.41 bits per heavy atom. The lowest BCUT2D eigenvalue weighted by Crippen LogP contribution is -2.33. The summed E-state index contributed by atoms with van der Waals surface area (Å²) in [6.45, 7) is 3.83. The third-order valence-corrected chi connectivity index (χ3v) is 8.29. The maximum absolute atomic E-state index is 13.0. The van der Waals surface area contributed by atoms with Gasteiger partial charge in [0, 0.05) is 19.6 Å². The average Bonchev–Trinajstić information content (AvgIpc) is 3.00. The van der Waals surface area contributed by atoms with Crippen LogP contribution in [0, 0.1) is 5.92 Å². The Morgan fingerprint density at radius 1 is 1.10 bits per heavy atom. The molecule has 2 fully saturated rings. The largest absolute Gasteiger partial charge is 0.352 e. The number of nitrogens with zero attached hydrogens (tertiary/aromatic N) is 2. The first kappa shape index (κ1) is 22.5. The zero-order valence-corrected chi connectivity index (χ0v) is 18.8. The van der Waals surface area contributed by atoms with Crippen LogP contribution in [0.5, 0.6) is 0 Å². The van der Waals surface area contributed by atoms with Crippen molar-refractivity contribution < 1.29 is 13.2 Å². The number of hydrogen-bond donors (Lipinski definition) is 1. The van der Waals surface area contributed by atoms with E-state index in [2.05, 4.69) is 17.3 Å². The second-order valence-electron chi connectivity index (χ2n) is 8.25. The van der Waals surface area contributed by atoms with Gasteiger partial charge in [0.05, 0.1) is 15.5 Å². The van der Waals surface area contributed by atoms with E-state index in [9.17, 15) is 13.2 Å². The van der Waals surface area contributed by atoms with Crippen molar-refractivity contribution in [1.29, 1.82) is 0 Å². The second kappa shape index (κ2) is 10.2. The predicted molar refractivity (Wildman–Crippen MR) is 116 cm³/mol. The highest BCUT2D eigenvalue weighted by Gasteiger charge is 2.26. The number of carbonyl (C=O) groups is 1. The van der Waals surface area contributed by atoms with Gasteiger partial charge in [-0.3, -0.25) is 4.79 Å². The molecule has 0 atom stereocenters. The maximum Gasteiger partial charge on any atom is 0.252 e. The molecule has 1 aromatic rings. The molecule has 8 heteroatoms. The zero-order valence-electron chi connectivity index (χ0n) is 17.2. The van der Waals surface area contributed by atoms with Gasteiger partial charge in [-0.1, -0.05) is 24.4 Å². The van der Waals surface area contributed by atoms with E-state index in [1.54, 1.807) is 0 Å². The molecule has 1 amide bonds. The highest BCUT2D eigenvalue weighted by molar-refractivity contribution is 7.89. The summed E-state index contributed by atoms with van der Waals surface area (Å²) in [7, 11) is -1.48. The Balaban J connectivity index is 1.64. The number of nitrogens with one attached hydrogen (secondary N) is 1. The molecule has 2 saturated heterocycles. The number of carbonyl (C=O) groups excluding carboxylic acids is 1. The van der Waals surface area contributed by atoms with E-state index in [0.29, 0.717) is 25.6 Å². The van der Waals surface area contributed by atoms with Crippen LogP contribution < -0.4 is 5.32 Å². The van der Waals surface area contributed by atoms with E-state index in [-0.39, 0.29) is 21.4 Å². The lowest BCUT2D eigenvalue weighted by atomic mass is 9.94. The Hall–Kier alpha value is -1.15. The first-order valence-electron chi connectivity index (χ1n) is 10.6. The molecule has 0 aliphatic carbocycles. The fourth-order valence-corrected chi connectivity index (χ4v) is 5.85. The van der Waals surface area contributed by atoms with Gasteiger partial charge in [0.25, 0.3) is 5.91 Å². The van der Waals surface area contributed by atoms with Crippen molar-refractivity contribution in [3.8, 4) is 0 Å². The molecule has 1 aromatic carbocycles. The van der Waals surface area contributed by atoms with Gasteiger partial charge in [-0.15, -0.1) is 0 Å². The number of amides is 1. The van der Waals surface area contributed by atoms with Gasteiger partial charge < -0.3 is 10.2 Å². The van der Waals surface area contributed by atoms with Gasteiger partial charge in [0.15, 0.2) is 0 Å². The molecule has 2 aliphatic rings. The molecule has 1 N–H and O–H groups in total. The van der Waals surface area contributed by atoms with Crippen LogP contribution in [0.1, 0.15) is 55.3 Å². The monoisotopic (exact) mass is 441 g/mol. The number of rotatable bonds is 6. The van der Waals surface area contributed by atoms with Gasteiger partial charge in [0.2, 0.25) is 10.0 Å². The van der Waals surface area contributed by atoms with Crippen molar-refractivity contribution in [2.24, 2.45) is 5.92 Å². The first-order chi connectivity index (χ1) is 13.9. The standard InChI is InChI=1S/C21H32ClN3O3S/c1-24-14-9-17(10-15-24)8-11-23-21(26)19-16-18(6-7-20(19)22)29(27,28)25-12-4-2-3-5-13-25/h6-7,16-17H,2-5,8-15H2,1H3,(H,23,26). The molecular formula is C21H32ClN3O3S. The van der Waals surface area contributed by atoms with E-state index >= 15 is 0 Å². The van der Waals surface area contributed by atoms with Crippen molar-refractivity contribution in [2.75, 3.05) is 39.8 Å². The van der Waals surface area contributed by atoms with Crippen LogP contribution >= 0.6 is 11.6 Å². The summed E-state index contributed by atoms with van der Waals surface area (Å²) in [4.78, 5) is 15.1. The van der Waals surface area contributed by atoms with Crippen LogP contribution in [0.3, 0.4) is 0 Å². The molecule has 29 heavy (non-hydrogen) atoms. The SMILES string of the molecule is CN1CCC(CCNC(=O)c2cc(S(=O)(=O)N3CCCCCC3)ccc2Cl)CC1. The van der Waals surface area contributed by atoms with Gasteiger partial charge >= 0.3 is 0 Å². The predicted octanol–water partition coefficient (Wildman–Crippen LogP) is 3.37. The smallest absolute Gasteiger partial charge is 0.252 e. The van der Waals surface area contributed by atoms with Gasteiger partial charge in [-0.05, 0) is 76.4 Å². The fourth-order valence-electron chi connectivity index (χ4n) is 4.11. The van der Waals surface area contributed by atoms with Crippen molar-refractivity contribution >= 4 is 27.5 Å². The summed E-state index contributed by atoms with van der Waals surface area (Å²) in [5.41, 5.74) is 0.228. The topological polar surface area (TPSA) is 69.7 Å². The van der Waals surface area contributed by atoms with Crippen LogP contribution in [-0.4, -0.2) is 63.3 Å². The summed E-state index contributed by atoms with van der Waals surface area (Å²) in [5.74, 6) is 0.313. The number of likely N-dealkylation sites (tertiary alicyclic amines) is 1. The van der Waals surface area contributed by atoms with Crippen LogP contribution in [-0.2, 0) is 10.0 Å². The molecule has 0 bridgehead atoms. The molecule has 3 rings (SSSR count). The number of sulfonamides is 1. The fraction of sp³-hybridized carbons (Fsp3) is 0.667. The van der Waals surface area contributed by atoms with Crippen molar-refractivity contribution in [3.05, 3.63) is 28.8 Å². The summed E-state index contributed by atoms with van der Waals surface area (Å²) in [5, 5.41) is 3.20. The van der Waals surface area contributed by atoms with E-state index in [1.165, 1.54) is 22.5 Å². The Bertz CT molecular complexity index is 799. The number of piperidine rings is 1. The number of hydrogen-bond acceptors (Lipinski definition) is 4. The number of benzene rings is 1. The normalized spacial score (nSPS) is 20.3. The second-order valence-corrected chi connectivity index (χ2v) is 10.6. The Labute approximate surface area is 179 Å². The molecule has 0 spiro atoms. The Kier molecular flexibility index (Phi) is 7.96. The molecule has 0 radical (unpaired) electrons. The van der Waals surface area contributed by atoms with Gasteiger partial charge in [0.1, 0.15) is 0 Å². The minimum absolute atomic E-state index is 0.143. The quantitative estimate of drug-likeness (QED) is 0.734. The van der Waals surface area contributed by atoms with Crippen molar-refractivity contribution in [3.63, 3.8) is 0 Å². The lowest BCUT2D eigenvalue weighted by Gasteiger charge is -2.28. The molecule has 2 aliphatic heterocycles. The average molecular weight is 442 g/mol. The molecule has 0 aromatic heterocycles. The Morgan fingerprint density at radius 2 is 1.76 bits per heavy atom. The zero-order chi connectivity index (χ0) is 20.9. The van der Waals surface area contributed by atoms with Crippen LogP contribution in [0.15, 0.2) is 23.1 Å². The van der Waals surface area contributed by atoms with Gasteiger partial charge in [-0.25, -0.2) is 8.42 Å². The van der Waals surface area contributed by atoms with Crippen molar-refractivity contribution in [2.45, 2.75) is 49.8 Å². The molecule has 0 unspecified atom stereocenters. The highest BCUT2D eigenvalue weighted by Crippen LogP contribution is 2.25. The van der Waals surface area contributed by atoms with E-state index in [0.717, 1.165) is 58.0 Å². The molecular weight excluding hydrogens is 410 g/mol. The maximum atomic E-state index is 13.0. The molecule has 6 nitrogen and oxygen atoms in total. The minimum atomic E-state index is -3.61. The lowest BCUT2D eigenvalue weighted by molar-refractivity contribution is 0.0949. The van der Waals surface area contributed by atoms with Crippen LogP contribution in [0.25, 0.3) is 0 Å². The summed E-state index contributed by atoms with van der Waals surface area (Å²) < 4.78 is 27.6. The number of halogens is 1. The summed E-state index contributed by atoms with van der Waals surface area (Å²) in [6.07, 6.45) is 7.08. The minimum Gasteiger partial charge on any atom is -0.352 e. The van der Waals surface area contributed by atoms with E-state index in [4.69, 9.17) is 11.6 Å². The third kappa shape index (κ3) is 5.94. The van der Waals surface area contributed by atoms with Crippen LogP contribution in [0.2, 0.25) is 5.02 Å². The van der Waals surface area contributed by atoms with Gasteiger partial charge in [-0.2, -0.15) is 4.31 Å². The van der Waals surface area contributed by atoms with Crippen molar-refractivity contribution in [1.82, 2.24) is 14.5 Å². The molecule has 0 saturated carbocycles. The highest BCUT2D eigenvalue weighted by atomic mass is 35.5. The third-order valence-electron chi connectivity index (χ3n) is 6.06. The van der Waals surface area contributed by atoms with E-state index in [1.807, 2.05) is 0 Å². The summed E-state index contributed by atoms with van der Waals surface area (Å²) in [6, 6.07) is 4.43. The summed E-state index contributed by atoms with van der Waals surface area (Å²) >= 11 is 6.22. The molecule has 162 valence electrons.